The van der Waals surface area contributed by atoms with Crippen molar-refractivity contribution in [2.24, 2.45) is 5.73 Å². The molecular weight excluding hydrogens is 252 g/mol. The third-order valence-corrected chi connectivity index (χ3v) is 2.69. The summed E-state index contributed by atoms with van der Waals surface area (Å²) in [5.74, 6) is 0.593. The first-order chi connectivity index (χ1) is 8.15. The molecule has 0 fully saturated rings. The second-order valence-corrected chi connectivity index (χ2v) is 3.90. The third kappa shape index (κ3) is 2.60. The van der Waals surface area contributed by atoms with Gasteiger partial charge in [0.25, 0.3) is 0 Å². The second-order valence-electron chi connectivity index (χ2n) is 3.90. The van der Waals surface area contributed by atoms with Crippen molar-refractivity contribution in [3.63, 3.8) is 0 Å². The normalized spacial score (nSPS) is 11.7. The Hall–Kier alpha value is -1.65. The summed E-state index contributed by atoms with van der Waals surface area (Å²) in [6.07, 6.45) is 0.700. The summed E-state index contributed by atoms with van der Waals surface area (Å²) >= 11 is 0. The zero-order valence-electron chi connectivity index (χ0n) is 10.2. The molecule has 1 aromatic carbocycles. The van der Waals surface area contributed by atoms with Crippen molar-refractivity contribution in [1.82, 2.24) is 4.98 Å². The first kappa shape index (κ1) is 14.4. The molecular formula is C13H15ClN2O2. The van der Waals surface area contributed by atoms with Crippen LogP contribution in [0.25, 0.3) is 10.9 Å². The van der Waals surface area contributed by atoms with Gasteiger partial charge in [-0.25, -0.2) is 0 Å². The minimum absolute atomic E-state index is 0. The summed E-state index contributed by atoms with van der Waals surface area (Å²) in [6, 6.07) is 6.86. The van der Waals surface area contributed by atoms with E-state index in [0.29, 0.717) is 17.6 Å². The molecule has 0 amide bonds. The van der Waals surface area contributed by atoms with E-state index in [9.17, 15) is 4.79 Å². The lowest BCUT2D eigenvalue weighted by atomic mass is 10.0. The SMILES string of the molecule is COc1cc2nc(C)ccc2cc1[C@H](N)C=O.Cl. The highest BCUT2D eigenvalue weighted by Gasteiger charge is 2.12. The lowest BCUT2D eigenvalue weighted by Gasteiger charge is -2.12. The van der Waals surface area contributed by atoms with Crippen LogP contribution in [0.1, 0.15) is 17.3 Å². The second kappa shape index (κ2) is 5.80. The van der Waals surface area contributed by atoms with Crippen molar-refractivity contribution in [1.29, 1.82) is 0 Å². The molecule has 0 aliphatic rings. The molecule has 4 nitrogen and oxygen atoms in total. The largest absolute Gasteiger partial charge is 0.496 e. The van der Waals surface area contributed by atoms with Gasteiger partial charge in [-0.2, -0.15) is 0 Å². The zero-order valence-corrected chi connectivity index (χ0v) is 11.0. The number of aryl methyl sites for hydroxylation is 1. The molecule has 0 radical (unpaired) electrons. The van der Waals surface area contributed by atoms with Gasteiger partial charge in [-0.1, -0.05) is 6.07 Å². The van der Waals surface area contributed by atoms with Crippen LogP contribution < -0.4 is 10.5 Å². The molecule has 96 valence electrons. The van der Waals surface area contributed by atoms with Gasteiger partial charge in [0.15, 0.2) is 0 Å². The Morgan fingerprint density at radius 1 is 1.39 bits per heavy atom. The summed E-state index contributed by atoms with van der Waals surface area (Å²) in [6.45, 7) is 1.93. The molecule has 0 bridgehead atoms. The van der Waals surface area contributed by atoms with Crippen LogP contribution in [0.15, 0.2) is 24.3 Å². The highest BCUT2D eigenvalue weighted by atomic mass is 35.5. The van der Waals surface area contributed by atoms with Crippen molar-refractivity contribution in [2.45, 2.75) is 13.0 Å². The van der Waals surface area contributed by atoms with E-state index in [0.717, 1.165) is 16.6 Å². The van der Waals surface area contributed by atoms with Crippen LogP contribution in [0.5, 0.6) is 5.75 Å². The van der Waals surface area contributed by atoms with Crippen LogP contribution in [0.4, 0.5) is 0 Å². The highest BCUT2D eigenvalue weighted by molar-refractivity contribution is 5.85. The maximum atomic E-state index is 10.8. The van der Waals surface area contributed by atoms with Gasteiger partial charge >= 0.3 is 0 Å². The van der Waals surface area contributed by atoms with Crippen molar-refractivity contribution < 1.29 is 9.53 Å². The smallest absolute Gasteiger partial charge is 0.141 e. The number of nitrogens with two attached hydrogens (primary N) is 1. The first-order valence-corrected chi connectivity index (χ1v) is 5.32. The molecule has 0 aliphatic carbocycles. The number of hydrogen-bond donors (Lipinski definition) is 1. The zero-order chi connectivity index (χ0) is 12.4. The molecule has 2 rings (SSSR count). The van der Waals surface area contributed by atoms with Crippen LogP contribution in [-0.2, 0) is 4.79 Å². The minimum Gasteiger partial charge on any atom is -0.496 e. The summed E-state index contributed by atoms with van der Waals surface area (Å²) in [5.41, 5.74) is 8.18. The van der Waals surface area contributed by atoms with E-state index in [1.165, 1.54) is 0 Å². The average molecular weight is 267 g/mol. The first-order valence-electron chi connectivity index (χ1n) is 5.32. The Bertz CT molecular complexity index is 572. The van der Waals surface area contributed by atoms with Gasteiger partial charge < -0.3 is 15.3 Å². The average Bonchev–Trinajstić information content (AvgIpc) is 2.36. The number of ether oxygens (including phenoxy) is 1. The van der Waals surface area contributed by atoms with Crippen LogP contribution >= 0.6 is 12.4 Å². The minimum atomic E-state index is -0.671. The summed E-state index contributed by atoms with van der Waals surface area (Å²) < 4.78 is 5.24. The number of pyridine rings is 1. The van der Waals surface area contributed by atoms with Gasteiger partial charge in [0.2, 0.25) is 0 Å². The molecule has 1 atom stereocenters. The van der Waals surface area contributed by atoms with Gasteiger partial charge in [-0.15, -0.1) is 12.4 Å². The molecule has 1 heterocycles. The number of aldehydes is 1. The van der Waals surface area contributed by atoms with Gasteiger partial charge in [0.1, 0.15) is 12.0 Å². The van der Waals surface area contributed by atoms with E-state index in [-0.39, 0.29) is 12.4 Å². The Kier molecular flexibility index (Phi) is 4.64. The summed E-state index contributed by atoms with van der Waals surface area (Å²) in [7, 11) is 1.55. The molecule has 2 aromatic rings. The number of nitrogens with zero attached hydrogens (tertiary/aromatic N) is 1. The van der Waals surface area contributed by atoms with Gasteiger partial charge in [-0.3, -0.25) is 4.98 Å². The van der Waals surface area contributed by atoms with E-state index < -0.39 is 6.04 Å². The Balaban J connectivity index is 0.00000162. The van der Waals surface area contributed by atoms with E-state index in [4.69, 9.17) is 10.5 Å². The molecule has 1 aromatic heterocycles. The topological polar surface area (TPSA) is 65.2 Å². The van der Waals surface area contributed by atoms with Crippen LogP contribution in [0, 0.1) is 6.92 Å². The molecule has 0 spiro atoms. The fraction of sp³-hybridized carbons (Fsp3) is 0.231. The van der Waals surface area contributed by atoms with Crippen LogP contribution in [-0.4, -0.2) is 18.4 Å². The van der Waals surface area contributed by atoms with E-state index in [1.54, 1.807) is 13.2 Å². The van der Waals surface area contributed by atoms with Gasteiger partial charge in [0, 0.05) is 22.7 Å². The standard InChI is InChI=1S/C13H14N2O2.ClH/c1-8-3-4-9-5-10(11(14)7-16)13(17-2)6-12(9)15-8;/h3-7,11H,14H2,1-2H3;1H/t11-;/m1./s1. The molecule has 18 heavy (non-hydrogen) atoms. The van der Waals surface area contributed by atoms with Crippen LogP contribution in [0.2, 0.25) is 0 Å². The Morgan fingerprint density at radius 3 is 2.72 bits per heavy atom. The number of methoxy groups -OCH3 is 1. The van der Waals surface area contributed by atoms with Gasteiger partial charge in [0.05, 0.1) is 18.7 Å². The number of hydrogen-bond acceptors (Lipinski definition) is 4. The van der Waals surface area contributed by atoms with Crippen molar-refractivity contribution in [3.05, 3.63) is 35.5 Å². The number of benzene rings is 1. The Labute approximate surface area is 112 Å². The number of halogens is 1. The highest BCUT2D eigenvalue weighted by Crippen LogP contribution is 2.28. The molecule has 5 heteroatoms. The predicted octanol–water partition coefficient (Wildman–Crippen LogP) is 2.17. The predicted molar refractivity (Wildman–Crippen MR) is 73.3 cm³/mol. The fourth-order valence-corrected chi connectivity index (χ4v) is 1.78. The maximum Gasteiger partial charge on any atom is 0.141 e. The summed E-state index contributed by atoms with van der Waals surface area (Å²) in [4.78, 5) is 15.2. The quantitative estimate of drug-likeness (QED) is 0.865. The van der Waals surface area contributed by atoms with Gasteiger partial charge in [-0.05, 0) is 19.1 Å². The molecule has 0 aliphatic heterocycles. The third-order valence-electron chi connectivity index (χ3n) is 2.69. The molecule has 0 unspecified atom stereocenters. The van der Waals surface area contributed by atoms with Crippen molar-refractivity contribution >= 4 is 29.6 Å². The lowest BCUT2D eigenvalue weighted by molar-refractivity contribution is -0.109. The molecule has 0 saturated heterocycles. The number of rotatable bonds is 3. The number of carbonyl (C=O) groups excluding carboxylic acids is 1. The van der Waals surface area contributed by atoms with Crippen molar-refractivity contribution in [2.75, 3.05) is 7.11 Å². The van der Waals surface area contributed by atoms with E-state index in [2.05, 4.69) is 4.98 Å². The molecule has 0 saturated carbocycles. The maximum absolute atomic E-state index is 10.8. The number of fused-ring (bicyclic) bond motifs is 1. The van der Waals surface area contributed by atoms with Crippen LogP contribution in [0.3, 0.4) is 0 Å². The lowest BCUT2D eigenvalue weighted by Crippen LogP contribution is -2.12. The summed E-state index contributed by atoms with van der Waals surface area (Å²) in [5, 5.41) is 0.948. The number of aromatic nitrogens is 1. The fourth-order valence-electron chi connectivity index (χ4n) is 1.78. The van der Waals surface area contributed by atoms with Crippen molar-refractivity contribution in [3.8, 4) is 5.75 Å². The van der Waals surface area contributed by atoms with E-state index >= 15 is 0 Å². The van der Waals surface area contributed by atoms with E-state index in [1.807, 2.05) is 25.1 Å². The molecule has 2 N–H and O–H groups in total. The monoisotopic (exact) mass is 266 g/mol. The number of carbonyl (C=O) groups is 1. The Morgan fingerprint density at radius 2 is 2.11 bits per heavy atom.